The Hall–Kier alpha value is -3.48. The SMILES string of the molecule is COc1ccc(CN(Cc2ccc(OC)cc2)c2ncccc2C(=O)C(F)F)cc1. The quantitative estimate of drug-likeness (QED) is 0.475. The van der Waals surface area contributed by atoms with Crippen LogP contribution in [0.1, 0.15) is 21.5 Å². The number of alkyl halides is 2. The van der Waals surface area contributed by atoms with Gasteiger partial charge >= 0.3 is 6.43 Å². The number of aromatic nitrogens is 1. The van der Waals surface area contributed by atoms with Crippen molar-refractivity contribution < 1.29 is 23.0 Å². The Kier molecular flexibility index (Phi) is 6.95. The molecule has 156 valence electrons. The van der Waals surface area contributed by atoms with Crippen molar-refractivity contribution in [3.8, 4) is 11.5 Å². The highest BCUT2D eigenvalue weighted by Crippen LogP contribution is 2.25. The molecule has 2 aromatic carbocycles. The van der Waals surface area contributed by atoms with Gasteiger partial charge in [-0.15, -0.1) is 0 Å². The molecule has 0 radical (unpaired) electrons. The number of Topliss-reactive ketones (excluding diaryl/α,β-unsaturated/α-hetero) is 1. The molecule has 1 aromatic heterocycles. The summed E-state index contributed by atoms with van der Waals surface area (Å²) in [6.45, 7) is 0.743. The Balaban J connectivity index is 1.97. The molecule has 0 aliphatic carbocycles. The molecule has 5 nitrogen and oxygen atoms in total. The minimum absolute atomic E-state index is 0.102. The molecular formula is C23H22F2N2O3. The third-order valence-corrected chi connectivity index (χ3v) is 4.61. The van der Waals surface area contributed by atoms with E-state index >= 15 is 0 Å². The number of anilines is 1. The molecular weight excluding hydrogens is 390 g/mol. The first kappa shape index (κ1) is 21.2. The maximum Gasteiger partial charge on any atom is 0.300 e. The first-order valence-electron chi connectivity index (χ1n) is 9.30. The monoisotopic (exact) mass is 412 g/mol. The van der Waals surface area contributed by atoms with Crippen LogP contribution in [-0.4, -0.2) is 31.4 Å². The van der Waals surface area contributed by atoms with Gasteiger partial charge in [0.15, 0.2) is 0 Å². The van der Waals surface area contributed by atoms with Gasteiger partial charge in [-0.2, -0.15) is 0 Å². The van der Waals surface area contributed by atoms with Crippen LogP contribution in [0, 0.1) is 0 Å². The van der Waals surface area contributed by atoms with E-state index in [1.807, 2.05) is 48.5 Å². The predicted molar refractivity (Wildman–Crippen MR) is 110 cm³/mol. The maximum atomic E-state index is 13.2. The average molecular weight is 412 g/mol. The Morgan fingerprint density at radius 1 is 0.900 bits per heavy atom. The van der Waals surface area contributed by atoms with Gasteiger partial charge < -0.3 is 14.4 Å². The van der Waals surface area contributed by atoms with E-state index in [1.54, 1.807) is 19.1 Å². The van der Waals surface area contributed by atoms with Gasteiger partial charge in [-0.25, -0.2) is 13.8 Å². The summed E-state index contributed by atoms with van der Waals surface area (Å²) in [5.41, 5.74) is 1.74. The van der Waals surface area contributed by atoms with Gasteiger partial charge in [0.2, 0.25) is 5.78 Å². The van der Waals surface area contributed by atoms with Crippen molar-refractivity contribution in [2.24, 2.45) is 0 Å². The summed E-state index contributed by atoms with van der Waals surface area (Å²) in [5, 5.41) is 0. The highest BCUT2D eigenvalue weighted by molar-refractivity contribution is 6.02. The molecule has 0 N–H and O–H groups in total. The summed E-state index contributed by atoms with van der Waals surface area (Å²) in [6.07, 6.45) is -1.61. The highest BCUT2D eigenvalue weighted by Gasteiger charge is 2.24. The zero-order valence-corrected chi connectivity index (χ0v) is 16.7. The molecule has 0 saturated carbocycles. The van der Waals surface area contributed by atoms with Crippen LogP contribution in [0.2, 0.25) is 0 Å². The van der Waals surface area contributed by atoms with Crippen LogP contribution in [0.3, 0.4) is 0 Å². The fourth-order valence-electron chi connectivity index (χ4n) is 3.07. The summed E-state index contributed by atoms with van der Waals surface area (Å²) in [4.78, 5) is 18.2. The number of ketones is 1. The van der Waals surface area contributed by atoms with E-state index in [1.165, 1.54) is 18.3 Å². The van der Waals surface area contributed by atoms with E-state index in [9.17, 15) is 13.6 Å². The number of carbonyl (C=O) groups is 1. The predicted octanol–water partition coefficient (Wildman–Crippen LogP) is 4.75. The molecule has 7 heteroatoms. The zero-order valence-electron chi connectivity index (χ0n) is 16.7. The first-order chi connectivity index (χ1) is 14.5. The normalized spacial score (nSPS) is 10.7. The Morgan fingerprint density at radius 2 is 1.40 bits per heavy atom. The van der Waals surface area contributed by atoms with Gasteiger partial charge in [0.05, 0.1) is 19.8 Å². The van der Waals surface area contributed by atoms with E-state index in [4.69, 9.17) is 9.47 Å². The second-order valence-corrected chi connectivity index (χ2v) is 6.59. The van der Waals surface area contributed by atoms with Gasteiger partial charge in [0, 0.05) is 19.3 Å². The van der Waals surface area contributed by atoms with Crippen molar-refractivity contribution in [3.05, 3.63) is 83.6 Å². The standard InChI is InChI=1S/C23H22F2N2O3/c1-29-18-9-5-16(6-10-18)14-27(15-17-7-11-19(30-2)12-8-17)23-20(4-3-13-26-23)21(28)22(24)25/h3-13,22H,14-15H2,1-2H3. The summed E-state index contributed by atoms with van der Waals surface area (Å²) >= 11 is 0. The van der Waals surface area contributed by atoms with Gasteiger partial charge in [-0.3, -0.25) is 4.79 Å². The number of hydrogen-bond acceptors (Lipinski definition) is 5. The fraction of sp³-hybridized carbons (Fsp3) is 0.217. The topological polar surface area (TPSA) is 51.7 Å². The number of methoxy groups -OCH3 is 2. The van der Waals surface area contributed by atoms with E-state index < -0.39 is 12.2 Å². The van der Waals surface area contributed by atoms with Gasteiger partial charge in [0.25, 0.3) is 0 Å². The molecule has 0 fully saturated rings. The molecule has 3 rings (SSSR count). The number of nitrogens with zero attached hydrogens (tertiary/aromatic N) is 2. The molecule has 0 unspecified atom stereocenters. The lowest BCUT2D eigenvalue weighted by atomic mass is 10.1. The number of hydrogen-bond donors (Lipinski definition) is 0. The second kappa shape index (κ2) is 9.82. The van der Waals surface area contributed by atoms with Crippen molar-refractivity contribution in [2.75, 3.05) is 19.1 Å². The lowest BCUT2D eigenvalue weighted by Crippen LogP contribution is -2.26. The van der Waals surface area contributed by atoms with Crippen LogP contribution in [-0.2, 0) is 13.1 Å². The Bertz CT molecular complexity index is 927. The van der Waals surface area contributed by atoms with E-state index in [0.29, 0.717) is 24.6 Å². The molecule has 1 heterocycles. The smallest absolute Gasteiger partial charge is 0.300 e. The molecule has 0 atom stereocenters. The van der Waals surface area contributed by atoms with Gasteiger partial charge in [-0.1, -0.05) is 24.3 Å². The Labute approximate surface area is 173 Å². The zero-order chi connectivity index (χ0) is 21.5. The van der Waals surface area contributed by atoms with Crippen molar-refractivity contribution in [1.29, 1.82) is 0 Å². The van der Waals surface area contributed by atoms with Gasteiger partial charge in [-0.05, 0) is 47.5 Å². The van der Waals surface area contributed by atoms with E-state index in [0.717, 1.165) is 11.1 Å². The van der Waals surface area contributed by atoms with Crippen molar-refractivity contribution in [1.82, 2.24) is 4.98 Å². The van der Waals surface area contributed by atoms with Crippen LogP contribution in [0.25, 0.3) is 0 Å². The molecule has 0 bridgehead atoms. The number of ether oxygens (including phenoxy) is 2. The molecule has 30 heavy (non-hydrogen) atoms. The van der Waals surface area contributed by atoms with Gasteiger partial charge in [0.1, 0.15) is 17.3 Å². The highest BCUT2D eigenvalue weighted by atomic mass is 19.3. The summed E-state index contributed by atoms with van der Waals surface area (Å²) in [7, 11) is 3.17. The minimum atomic E-state index is -3.10. The van der Waals surface area contributed by atoms with Crippen LogP contribution in [0.4, 0.5) is 14.6 Å². The van der Waals surface area contributed by atoms with Crippen molar-refractivity contribution >= 4 is 11.6 Å². The molecule has 0 aliphatic rings. The summed E-state index contributed by atoms with van der Waals surface area (Å²) in [6, 6.07) is 17.7. The fourth-order valence-corrected chi connectivity index (χ4v) is 3.07. The number of pyridine rings is 1. The van der Waals surface area contributed by atoms with Crippen molar-refractivity contribution in [3.63, 3.8) is 0 Å². The number of halogens is 2. The van der Waals surface area contributed by atoms with Crippen molar-refractivity contribution in [2.45, 2.75) is 19.5 Å². The summed E-state index contributed by atoms with van der Waals surface area (Å²) < 4.78 is 36.7. The molecule has 0 aliphatic heterocycles. The third-order valence-electron chi connectivity index (χ3n) is 4.61. The van der Waals surface area contributed by atoms with E-state index in [2.05, 4.69) is 4.98 Å². The average Bonchev–Trinajstić information content (AvgIpc) is 2.79. The van der Waals surface area contributed by atoms with Crippen LogP contribution >= 0.6 is 0 Å². The van der Waals surface area contributed by atoms with Crippen LogP contribution in [0.5, 0.6) is 11.5 Å². The summed E-state index contributed by atoms with van der Waals surface area (Å²) in [5.74, 6) is 0.403. The molecule has 3 aromatic rings. The third kappa shape index (κ3) is 5.11. The number of benzene rings is 2. The second-order valence-electron chi connectivity index (χ2n) is 6.59. The molecule has 0 amide bonds. The first-order valence-corrected chi connectivity index (χ1v) is 9.30. The largest absolute Gasteiger partial charge is 0.497 e. The lowest BCUT2D eigenvalue weighted by Gasteiger charge is -2.26. The minimum Gasteiger partial charge on any atom is -0.497 e. The Morgan fingerprint density at radius 3 is 1.83 bits per heavy atom. The lowest BCUT2D eigenvalue weighted by molar-refractivity contribution is 0.0679. The molecule has 0 spiro atoms. The molecule has 0 saturated heterocycles. The number of carbonyl (C=O) groups excluding carboxylic acids is 1. The van der Waals surface area contributed by atoms with Crippen LogP contribution in [0.15, 0.2) is 66.9 Å². The van der Waals surface area contributed by atoms with E-state index in [-0.39, 0.29) is 11.4 Å². The van der Waals surface area contributed by atoms with Crippen LogP contribution < -0.4 is 14.4 Å². The number of rotatable bonds is 9. The maximum absolute atomic E-state index is 13.2.